The third kappa shape index (κ3) is 4.41. The van der Waals surface area contributed by atoms with Gasteiger partial charge in [-0.15, -0.1) is 0 Å². The first-order chi connectivity index (χ1) is 16.1. The molecule has 2 atom stereocenters. The van der Waals surface area contributed by atoms with Crippen molar-refractivity contribution in [3.63, 3.8) is 0 Å². The van der Waals surface area contributed by atoms with Crippen LogP contribution in [0.2, 0.25) is 5.15 Å². The van der Waals surface area contributed by atoms with Crippen LogP contribution in [0.4, 0.5) is 11.5 Å². The van der Waals surface area contributed by atoms with Gasteiger partial charge in [-0.1, -0.05) is 17.7 Å². The second-order valence-electron chi connectivity index (χ2n) is 8.87. The van der Waals surface area contributed by atoms with E-state index < -0.39 is 0 Å². The van der Waals surface area contributed by atoms with Gasteiger partial charge in [-0.05, 0) is 66.5 Å². The van der Waals surface area contributed by atoms with Gasteiger partial charge in [0, 0.05) is 42.5 Å². The van der Waals surface area contributed by atoms with Crippen molar-refractivity contribution in [3.05, 3.63) is 83.2 Å². The summed E-state index contributed by atoms with van der Waals surface area (Å²) >= 11 is 5.98. The van der Waals surface area contributed by atoms with Gasteiger partial charge in [0.05, 0.1) is 12.2 Å². The number of amides is 1. The summed E-state index contributed by atoms with van der Waals surface area (Å²) in [4.78, 5) is 25.7. The second kappa shape index (κ2) is 8.15. The van der Waals surface area contributed by atoms with E-state index in [1.165, 1.54) is 18.4 Å². The van der Waals surface area contributed by atoms with E-state index >= 15 is 0 Å². The van der Waals surface area contributed by atoms with Gasteiger partial charge in [0.25, 0.3) is 0 Å². The van der Waals surface area contributed by atoms with Gasteiger partial charge in [0.15, 0.2) is 0 Å². The maximum absolute atomic E-state index is 12.7. The number of imidazole rings is 1. The molecule has 0 radical (unpaired) electrons. The van der Waals surface area contributed by atoms with Crippen molar-refractivity contribution < 1.29 is 4.79 Å². The molecule has 2 aliphatic carbocycles. The standard InChI is InChI=1S/C25H23ClN6O/c26-22-9-16(5-7-27-22)20-11-21(20)25(33)31-23-10-18(6-8-28-23)29-12-19-14-32-13-17(15-1-2-15)3-4-24(32)30-19/h3-10,13-15,20-21H,1-2,11-12H2,(H2,28,29,31,33). The Kier molecular flexibility index (Phi) is 4.99. The lowest BCUT2D eigenvalue weighted by Gasteiger charge is -2.08. The Morgan fingerprint density at radius 2 is 1.94 bits per heavy atom. The molecule has 0 aliphatic heterocycles. The zero-order valence-corrected chi connectivity index (χ0v) is 18.7. The summed E-state index contributed by atoms with van der Waals surface area (Å²) in [5.41, 5.74) is 5.23. The molecule has 4 aromatic rings. The van der Waals surface area contributed by atoms with Gasteiger partial charge >= 0.3 is 0 Å². The van der Waals surface area contributed by atoms with Crippen LogP contribution in [0.3, 0.4) is 0 Å². The van der Waals surface area contributed by atoms with E-state index in [1.54, 1.807) is 12.4 Å². The molecule has 33 heavy (non-hydrogen) atoms. The van der Waals surface area contributed by atoms with E-state index in [4.69, 9.17) is 16.6 Å². The molecule has 0 saturated heterocycles. The van der Waals surface area contributed by atoms with Crippen LogP contribution in [0.15, 0.2) is 61.2 Å². The monoisotopic (exact) mass is 458 g/mol. The fraction of sp³-hybridized carbons (Fsp3) is 0.280. The summed E-state index contributed by atoms with van der Waals surface area (Å²) in [6, 6.07) is 11.7. The van der Waals surface area contributed by atoms with Crippen LogP contribution in [-0.4, -0.2) is 25.3 Å². The molecule has 166 valence electrons. The molecule has 2 aliphatic rings. The van der Waals surface area contributed by atoms with Gasteiger partial charge in [-0.2, -0.15) is 0 Å². The van der Waals surface area contributed by atoms with Crippen LogP contribution in [0, 0.1) is 5.92 Å². The highest BCUT2D eigenvalue weighted by Gasteiger charge is 2.44. The lowest BCUT2D eigenvalue weighted by molar-refractivity contribution is -0.117. The topological polar surface area (TPSA) is 84.2 Å². The van der Waals surface area contributed by atoms with Crippen LogP contribution >= 0.6 is 11.6 Å². The van der Waals surface area contributed by atoms with E-state index in [2.05, 4.69) is 49.5 Å². The third-order valence-electron chi connectivity index (χ3n) is 6.36. The minimum atomic E-state index is -0.0691. The first-order valence-electron chi connectivity index (χ1n) is 11.2. The Bertz CT molecular complexity index is 1350. The molecule has 6 rings (SSSR count). The van der Waals surface area contributed by atoms with E-state index in [1.807, 2.05) is 24.3 Å². The summed E-state index contributed by atoms with van der Waals surface area (Å²) in [7, 11) is 0. The summed E-state index contributed by atoms with van der Waals surface area (Å²) in [5.74, 6) is 1.34. The number of rotatable bonds is 7. The van der Waals surface area contributed by atoms with Gasteiger partial charge in [0.2, 0.25) is 5.91 Å². The number of aromatic nitrogens is 4. The molecule has 4 aromatic heterocycles. The molecule has 2 N–H and O–H groups in total. The largest absolute Gasteiger partial charge is 0.379 e. The maximum atomic E-state index is 12.7. The Morgan fingerprint density at radius 1 is 1.06 bits per heavy atom. The Balaban J connectivity index is 1.08. The highest BCUT2D eigenvalue weighted by atomic mass is 35.5. The smallest absolute Gasteiger partial charge is 0.229 e. The number of nitrogens with one attached hydrogen (secondary N) is 2. The highest BCUT2D eigenvalue weighted by Crippen LogP contribution is 2.48. The number of hydrogen-bond acceptors (Lipinski definition) is 5. The van der Waals surface area contributed by atoms with E-state index in [0.29, 0.717) is 17.5 Å². The minimum Gasteiger partial charge on any atom is -0.379 e. The van der Waals surface area contributed by atoms with E-state index in [9.17, 15) is 4.79 Å². The fourth-order valence-electron chi connectivity index (χ4n) is 4.33. The van der Waals surface area contributed by atoms with Crippen molar-refractivity contribution in [1.29, 1.82) is 0 Å². The zero-order chi connectivity index (χ0) is 22.4. The number of pyridine rings is 3. The van der Waals surface area contributed by atoms with Crippen molar-refractivity contribution in [2.75, 3.05) is 10.6 Å². The first kappa shape index (κ1) is 20.2. The van der Waals surface area contributed by atoms with Crippen LogP contribution in [0.5, 0.6) is 0 Å². The van der Waals surface area contributed by atoms with Crippen molar-refractivity contribution in [2.45, 2.75) is 37.6 Å². The van der Waals surface area contributed by atoms with Crippen LogP contribution in [0.1, 0.15) is 47.9 Å². The number of nitrogens with zero attached hydrogens (tertiary/aromatic N) is 4. The van der Waals surface area contributed by atoms with Gasteiger partial charge in [-0.3, -0.25) is 4.79 Å². The number of halogens is 1. The first-order valence-corrected chi connectivity index (χ1v) is 11.6. The quantitative estimate of drug-likeness (QED) is 0.380. The average molecular weight is 459 g/mol. The molecule has 0 spiro atoms. The van der Waals surface area contributed by atoms with E-state index in [0.717, 1.165) is 34.9 Å². The second-order valence-corrected chi connectivity index (χ2v) is 9.25. The van der Waals surface area contributed by atoms with Gasteiger partial charge in [-0.25, -0.2) is 15.0 Å². The summed E-state index contributed by atoms with van der Waals surface area (Å²) < 4.78 is 2.10. The number of fused-ring (bicyclic) bond motifs is 1. The van der Waals surface area contributed by atoms with E-state index in [-0.39, 0.29) is 17.7 Å². The lowest BCUT2D eigenvalue weighted by atomic mass is 10.1. The van der Waals surface area contributed by atoms with Crippen molar-refractivity contribution in [1.82, 2.24) is 19.4 Å². The molecule has 0 bridgehead atoms. The molecule has 8 heteroatoms. The number of anilines is 2. The predicted octanol–water partition coefficient (Wildman–Crippen LogP) is 5.01. The molecule has 1 amide bonds. The lowest BCUT2D eigenvalue weighted by Crippen LogP contribution is -2.15. The summed E-state index contributed by atoms with van der Waals surface area (Å²) in [6.45, 7) is 0.589. The SMILES string of the molecule is O=C(Nc1cc(NCc2cn3cc(C4CC4)ccc3n2)ccn1)C1CC1c1ccnc(Cl)c1. The molecular formula is C25H23ClN6O. The van der Waals surface area contributed by atoms with Crippen molar-refractivity contribution in [3.8, 4) is 0 Å². The molecule has 2 fully saturated rings. The molecule has 7 nitrogen and oxygen atoms in total. The molecule has 4 heterocycles. The highest BCUT2D eigenvalue weighted by molar-refractivity contribution is 6.29. The Hall–Kier alpha value is -3.45. The predicted molar refractivity (Wildman–Crippen MR) is 127 cm³/mol. The average Bonchev–Trinajstić information content (AvgIpc) is 3.74. The van der Waals surface area contributed by atoms with Gasteiger partial charge in [0.1, 0.15) is 16.6 Å². The normalized spacial score (nSPS) is 19.4. The van der Waals surface area contributed by atoms with Crippen LogP contribution < -0.4 is 10.6 Å². The van der Waals surface area contributed by atoms with Crippen LogP contribution in [0.25, 0.3) is 5.65 Å². The molecule has 2 unspecified atom stereocenters. The third-order valence-corrected chi connectivity index (χ3v) is 6.57. The maximum Gasteiger partial charge on any atom is 0.229 e. The number of carbonyl (C=O) groups is 1. The zero-order valence-electron chi connectivity index (χ0n) is 17.9. The number of carbonyl (C=O) groups excluding carboxylic acids is 1. The molecule has 0 aromatic carbocycles. The number of hydrogen-bond donors (Lipinski definition) is 2. The van der Waals surface area contributed by atoms with Crippen LogP contribution in [-0.2, 0) is 11.3 Å². The summed E-state index contributed by atoms with van der Waals surface area (Å²) in [6.07, 6.45) is 11.0. The fourth-order valence-corrected chi connectivity index (χ4v) is 4.51. The molecule has 2 saturated carbocycles. The van der Waals surface area contributed by atoms with Gasteiger partial charge < -0.3 is 15.0 Å². The minimum absolute atomic E-state index is 0.0237. The Morgan fingerprint density at radius 3 is 2.79 bits per heavy atom. The Labute approximate surface area is 196 Å². The van der Waals surface area contributed by atoms with Crippen molar-refractivity contribution in [2.24, 2.45) is 5.92 Å². The summed E-state index contributed by atoms with van der Waals surface area (Å²) in [5, 5.41) is 6.78. The molecular weight excluding hydrogens is 436 g/mol. The van der Waals surface area contributed by atoms with Crippen molar-refractivity contribution >= 4 is 34.7 Å².